The molecule has 1 heterocycles. The molecule has 1 aromatic carbocycles. The second-order valence-electron chi connectivity index (χ2n) is 5.18. The standard InChI is InChI=1S/C17H22N4O3/c1-3-10-18-17(23)19-15-14(16(22)24-4-2)12-21(20-15)11-13-8-6-5-7-9-13/h5-9,12H,3-4,10-11H2,1-2H3,(H2,18,19,20,23). The lowest BCUT2D eigenvalue weighted by Gasteiger charge is -2.06. The van der Waals surface area contributed by atoms with Crippen LogP contribution in [-0.2, 0) is 11.3 Å². The minimum atomic E-state index is -0.511. The molecule has 2 amide bonds. The Kier molecular flexibility index (Phi) is 6.36. The van der Waals surface area contributed by atoms with Crippen LogP contribution in [0.3, 0.4) is 0 Å². The van der Waals surface area contributed by atoms with E-state index < -0.39 is 12.0 Å². The summed E-state index contributed by atoms with van der Waals surface area (Å²) >= 11 is 0. The van der Waals surface area contributed by atoms with Crippen LogP contribution in [-0.4, -0.2) is 34.9 Å². The normalized spacial score (nSPS) is 10.2. The van der Waals surface area contributed by atoms with Crippen LogP contribution in [0.5, 0.6) is 0 Å². The van der Waals surface area contributed by atoms with Crippen LogP contribution in [0.25, 0.3) is 0 Å². The number of benzene rings is 1. The van der Waals surface area contributed by atoms with Gasteiger partial charge in [-0.2, -0.15) is 5.10 Å². The Hall–Kier alpha value is -2.83. The van der Waals surface area contributed by atoms with Crippen molar-refractivity contribution in [2.75, 3.05) is 18.5 Å². The predicted molar refractivity (Wildman–Crippen MR) is 91.0 cm³/mol. The van der Waals surface area contributed by atoms with Crippen molar-refractivity contribution in [1.29, 1.82) is 0 Å². The van der Waals surface area contributed by atoms with Crippen LogP contribution < -0.4 is 10.6 Å². The van der Waals surface area contributed by atoms with Crippen molar-refractivity contribution in [1.82, 2.24) is 15.1 Å². The number of amides is 2. The maximum absolute atomic E-state index is 12.1. The first-order valence-corrected chi connectivity index (χ1v) is 7.97. The Morgan fingerprint density at radius 3 is 2.62 bits per heavy atom. The number of nitrogens with zero attached hydrogens (tertiary/aromatic N) is 2. The highest BCUT2D eigenvalue weighted by Gasteiger charge is 2.19. The second-order valence-corrected chi connectivity index (χ2v) is 5.18. The third-order valence-electron chi connectivity index (χ3n) is 3.21. The molecule has 0 radical (unpaired) electrons. The van der Waals surface area contributed by atoms with Crippen molar-refractivity contribution < 1.29 is 14.3 Å². The zero-order chi connectivity index (χ0) is 17.4. The van der Waals surface area contributed by atoms with Gasteiger partial charge in [-0.15, -0.1) is 0 Å². The van der Waals surface area contributed by atoms with Crippen LogP contribution in [0.15, 0.2) is 36.5 Å². The highest BCUT2D eigenvalue weighted by molar-refractivity contribution is 5.99. The Bertz CT molecular complexity index is 682. The van der Waals surface area contributed by atoms with Gasteiger partial charge in [0.15, 0.2) is 5.82 Å². The summed E-state index contributed by atoms with van der Waals surface area (Å²) in [6.45, 7) is 4.98. The third-order valence-corrected chi connectivity index (χ3v) is 3.21. The summed E-state index contributed by atoms with van der Waals surface area (Å²) in [6.07, 6.45) is 2.40. The van der Waals surface area contributed by atoms with Gasteiger partial charge in [-0.25, -0.2) is 9.59 Å². The molecule has 0 bridgehead atoms. The van der Waals surface area contributed by atoms with Gasteiger partial charge in [0.2, 0.25) is 0 Å². The average molecular weight is 330 g/mol. The molecule has 0 atom stereocenters. The molecule has 7 nitrogen and oxygen atoms in total. The van der Waals surface area contributed by atoms with Gasteiger partial charge in [0.1, 0.15) is 5.56 Å². The van der Waals surface area contributed by atoms with Crippen LogP contribution in [0.2, 0.25) is 0 Å². The molecule has 0 saturated carbocycles. The fourth-order valence-electron chi connectivity index (χ4n) is 2.11. The molecular formula is C17H22N4O3. The molecule has 0 aliphatic rings. The Labute approximate surface area is 141 Å². The number of carbonyl (C=O) groups is 2. The summed E-state index contributed by atoms with van der Waals surface area (Å²) < 4.78 is 6.64. The third kappa shape index (κ3) is 4.84. The van der Waals surface area contributed by atoms with Gasteiger partial charge in [0, 0.05) is 12.7 Å². The van der Waals surface area contributed by atoms with Crippen molar-refractivity contribution in [3.05, 3.63) is 47.7 Å². The van der Waals surface area contributed by atoms with E-state index in [4.69, 9.17) is 4.74 Å². The maximum Gasteiger partial charge on any atom is 0.343 e. The molecular weight excluding hydrogens is 308 g/mol. The molecule has 1 aromatic heterocycles. The first-order chi connectivity index (χ1) is 11.6. The minimum Gasteiger partial charge on any atom is -0.462 e. The van der Waals surface area contributed by atoms with Gasteiger partial charge in [-0.1, -0.05) is 37.3 Å². The summed E-state index contributed by atoms with van der Waals surface area (Å²) in [7, 11) is 0. The van der Waals surface area contributed by atoms with Crippen molar-refractivity contribution in [2.24, 2.45) is 0 Å². The number of ether oxygens (including phenoxy) is 1. The number of esters is 1. The smallest absolute Gasteiger partial charge is 0.343 e. The molecule has 0 aliphatic heterocycles. The van der Waals surface area contributed by atoms with Crippen molar-refractivity contribution >= 4 is 17.8 Å². The zero-order valence-electron chi connectivity index (χ0n) is 13.9. The Balaban J connectivity index is 2.19. The summed E-state index contributed by atoms with van der Waals surface area (Å²) in [4.78, 5) is 23.9. The van der Waals surface area contributed by atoms with E-state index in [2.05, 4.69) is 15.7 Å². The van der Waals surface area contributed by atoms with Crippen LogP contribution in [0.4, 0.5) is 10.6 Å². The Morgan fingerprint density at radius 1 is 1.21 bits per heavy atom. The van der Waals surface area contributed by atoms with Gasteiger partial charge in [0.05, 0.1) is 13.2 Å². The van der Waals surface area contributed by atoms with E-state index in [9.17, 15) is 9.59 Å². The monoisotopic (exact) mass is 330 g/mol. The predicted octanol–water partition coefficient (Wildman–Crippen LogP) is 2.64. The lowest BCUT2D eigenvalue weighted by Crippen LogP contribution is -2.30. The number of aromatic nitrogens is 2. The number of hydrogen-bond donors (Lipinski definition) is 2. The van der Waals surface area contributed by atoms with E-state index in [-0.39, 0.29) is 18.0 Å². The topological polar surface area (TPSA) is 85.3 Å². The zero-order valence-corrected chi connectivity index (χ0v) is 13.9. The van der Waals surface area contributed by atoms with E-state index in [1.165, 1.54) is 0 Å². The molecule has 0 saturated heterocycles. The lowest BCUT2D eigenvalue weighted by molar-refractivity contribution is 0.0527. The van der Waals surface area contributed by atoms with Crippen molar-refractivity contribution in [3.63, 3.8) is 0 Å². The highest BCUT2D eigenvalue weighted by Crippen LogP contribution is 2.16. The average Bonchev–Trinajstić information content (AvgIpc) is 2.96. The lowest BCUT2D eigenvalue weighted by atomic mass is 10.2. The van der Waals surface area contributed by atoms with E-state index in [1.54, 1.807) is 17.8 Å². The first-order valence-electron chi connectivity index (χ1n) is 7.97. The summed E-state index contributed by atoms with van der Waals surface area (Å²) in [6, 6.07) is 9.33. The first kappa shape index (κ1) is 17.5. The fourth-order valence-corrected chi connectivity index (χ4v) is 2.11. The molecule has 0 unspecified atom stereocenters. The highest BCUT2D eigenvalue weighted by atomic mass is 16.5. The van der Waals surface area contributed by atoms with Crippen LogP contribution in [0.1, 0.15) is 36.2 Å². The number of anilines is 1. The summed E-state index contributed by atoms with van der Waals surface area (Å²) in [5.41, 5.74) is 1.27. The molecule has 2 rings (SSSR count). The molecule has 0 spiro atoms. The van der Waals surface area contributed by atoms with Gasteiger partial charge in [-0.05, 0) is 18.9 Å². The molecule has 0 aliphatic carbocycles. The molecule has 2 aromatic rings. The number of rotatable bonds is 7. The second kappa shape index (κ2) is 8.71. The number of nitrogens with one attached hydrogen (secondary N) is 2. The van der Waals surface area contributed by atoms with Crippen LogP contribution in [0, 0.1) is 0 Å². The molecule has 24 heavy (non-hydrogen) atoms. The van der Waals surface area contributed by atoms with Gasteiger partial charge >= 0.3 is 12.0 Å². The quantitative estimate of drug-likeness (QED) is 0.764. The van der Waals surface area contributed by atoms with Gasteiger partial charge in [-0.3, -0.25) is 10.00 Å². The molecule has 128 valence electrons. The number of urea groups is 1. The summed E-state index contributed by atoms with van der Waals surface area (Å²) in [5.74, 6) is -0.319. The number of hydrogen-bond acceptors (Lipinski definition) is 4. The summed E-state index contributed by atoms with van der Waals surface area (Å²) in [5, 5.41) is 9.60. The maximum atomic E-state index is 12.1. The van der Waals surface area contributed by atoms with Gasteiger partial charge in [0.25, 0.3) is 0 Å². The van der Waals surface area contributed by atoms with Crippen LogP contribution >= 0.6 is 0 Å². The van der Waals surface area contributed by atoms with Crippen molar-refractivity contribution in [2.45, 2.75) is 26.8 Å². The van der Waals surface area contributed by atoms with E-state index >= 15 is 0 Å². The van der Waals surface area contributed by atoms with Gasteiger partial charge < -0.3 is 10.1 Å². The van der Waals surface area contributed by atoms with E-state index in [0.29, 0.717) is 13.1 Å². The minimum absolute atomic E-state index is 0.193. The molecule has 0 fully saturated rings. The van der Waals surface area contributed by atoms with E-state index in [0.717, 1.165) is 12.0 Å². The molecule has 7 heteroatoms. The molecule has 2 N–H and O–H groups in total. The fraction of sp³-hybridized carbons (Fsp3) is 0.353. The van der Waals surface area contributed by atoms with E-state index in [1.807, 2.05) is 37.3 Å². The Morgan fingerprint density at radius 2 is 1.96 bits per heavy atom. The largest absolute Gasteiger partial charge is 0.462 e. The number of carbonyl (C=O) groups excluding carboxylic acids is 2. The SMILES string of the molecule is CCCNC(=O)Nc1nn(Cc2ccccc2)cc1C(=O)OCC. The van der Waals surface area contributed by atoms with Crippen molar-refractivity contribution in [3.8, 4) is 0 Å².